The molecular weight excluding hydrogens is 453 g/mol. The summed E-state index contributed by atoms with van der Waals surface area (Å²) < 4.78 is 23.6. The summed E-state index contributed by atoms with van der Waals surface area (Å²) in [6.07, 6.45) is 21.9. The summed E-state index contributed by atoms with van der Waals surface area (Å²) in [5, 5.41) is 0. The zero-order chi connectivity index (χ0) is 24.4. The Morgan fingerprint density at radius 1 is 0.882 bits per heavy atom. The molecule has 0 spiro atoms. The van der Waals surface area contributed by atoms with E-state index < -0.39 is 7.82 Å². The van der Waals surface area contributed by atoms with Gasteiger partial charge in [-0.2, -0.15) is 0 Å². The SMILES string of the molecule is CC=CC(=O)OCCC(COP(=O)(O)O)[N+](C1CCCCC1)(C1CCCCC1)C1CCCCC1. The molecule has 3 saturated carbocycles. The van der Waals surface area contributed by atoms with Crippen molar-refractivity contribution >= 4 is 13.8 Å². The van der Waals surface area contributed by atoms with Gasteiger partial charge in [-0.15, -0.1) is 0 Å². The van der Waals surface area contributed by atoms with Crippen molar-refractivity contribution in [1.29, 1.82) is 0 Å². The van der Waals surface area contributed by atoms with E-state index in [1.807, 2.05) is 0 Å². The van der Waals surface area contributed by atoms with E-state index in [0.29, 0.717) is 24.5 Å². The fraction of sp³-hybridized carbons (Fsp3) is 0.885. The molecule has 196 valence electrons. The first-order valence-corrected chi connectivity index (χ1v) is 15.3. The zero-order valence-electron chi connectivity index (χ0n) is 21.1. The molecule has 0 bridgehead atoms. The van der Waals surface area contributed by atoms with Crippen LogP contribution in [0.4, 0.5) is 0 Å². The highest BCUT2D eigenvalue weighted by Crippen LogP contribution is 2.47. The molecule has 0 aromatic heterocycles. The van der Waals surface area contributed by atoms with Gasteiger partial charge in [-0.1, -0.05) is 25.3 Å². The fourth-order valence-corrected chi connectivity index (χ4v) is 7.84. The number of carbonyl (C=O) groups is 1. The molecule has 3 aliphatic carbocycles. The summed E-state index contributed by atoms with van der Waals surface area (Å²) in [5.41, 5.74) is 0. The van der Waals surface area contributed by atoms with Gasteiger partial charge in [0.1, 0.15) is 12.6 Å². The van der Waals surface area contributed by atoms with Gasteiger partial charge in [0.15, 0.2) is 0 Å². The molecule has 1 atom stereocenters. The van der Waals surface area contributed by atoms with Gasteiger partial charge in [0, 0.05) is 12.5 Å². The first-order valence-electron chi connectivity index (χ1n) is 13.7. The fourth-order valence-electron chi connectivity index (χ4n) is 7.47. The summed E-state index contributed by atoms with van der Waals surface area (Å²) in [5.74, 6) is -0.358. The molecule has 0 radical (unpaired) electrons. The van der Waals surface area contributed by atoms with Gasteiger partial charge >= 0.3 is 13.8 Å². The molecule has 3 aliphatic rings. The molecule has 3 fully saturated rings. The third kappa shape index (κ3) is 7.39. The standard InChI is InChI=1S/C26H46NO6P/c1-2-12-26(28)32-20-19-25(21-33-34(29,30)31)27(22-13-6-3-7-14-22,23-15-8-4-9-16-23)24-17-10-5-11-18-24/h2,12,22-25H,3-11,13-21H2,1H3,(H-,29,30,31)/p+1. The van der Waals surface area contributed by atoms with E-state index in [1.54, 1.807) is 13.0 Å². The van der Waals surface area contributed by atoms with E-state index >= 15 is 0 Å². The lowest BCUT2D eigenvalue weighted by atomic mass is 9.78. The lowest BCUT2D eigenvalue weighted by Crippen LogP contribution is -2.73. The van der Waals surface area contributed by atoms with Crippen LogP contribution in [0.25, 0.3) is 0 Å². The van der Waals surface area contributed by atoms with E-state index in [-0.39, 0.29) is 25.2 Å². The van der Waals surface area contributed by atoms with Crippen molar-refractivity contribution in [3.63, 3.8) is 0 Å². The lowest BCUT2D eigenvalue weighted by molar-refractivity contribution is -1.02. The first kappa shape index (κ1) is 27.9. The highest BCUT2D eigenvalue weighted by atomic mass is 31.2. The lowest BCUT2D eigenvalue weighted by Gasteiger charge is -2.61. The number of rotatable bonds is 11. The third-order valence-corrected chi connectivity index (χ3v) is 9.17. The van der Waals surface area contributed by atoms with E-state index in [4.69, 9.17) is 9.26 Å². The van der Waals surface area contributed by atoms with Crippen LogP contribution in [0.15, 0.2) is 12.2 Å². The van der Waals surface area contributed by atoms with Crippen molar-refractivity contribution < 1.29 is 32.9 Å². The van der Waals surface area contributed by atoms with E-state index in [9.17, 15) is 19.1 Å². The highest BCUT2D eigenvalue weighted by molar-refractivity contribution is 7.46. The van der Waals surface area contributed by atoms with Crippen LogP contribution in [0, 0.1) is 0 Å². The second-order valence-electron chi connectivity index (χ2n) is 10.7. The van der Waals surface area contributed by atoms with E-state index in [2.05, 4.69) is 0 Å². The van der Waals surface area contributed by atoms with Crippen molar-refractivity contribution in [2.24, 2.45) is 0 Å². The normalized spacial score (nSPS) is 23.3. The summed E-state index contributed by atoms with van der Waals surface area (Å²) in [4.78, 5) is 31.3. The van der Waals surface area contributed by atoms with Crippen LogP contribution in [0.2, 0.25) is 0 Å². The third-order valence-electron chi connectivity index (χ3n) is 8.69. The number of allylic oxidation sites excluding steroid dienone is 1. The molecule has 0 aromatic rings. The Morgan fingerprint density at radius 2 is 1.32 bits per heavy atom. The van der Waals surface area contributed by atoms with Gasteiger partial charge in [-0.25, -0.2) is 9.36 Å². The molecule has 8 heteroatoms. The maximum atomic E-state index is 12.0. The Bertz CT molecular complexity index is 644. The summed E-state index contributed by atoms with van der Waals surface area (Å²) in [6, 6.07) is 1.41. The average Bonchev–Trinajstić information content (AvgIpc) is 2.84. The van der Waals surface area contributed by atoms with Crippen molar-refractivity contribution in [2.75, 3.05) is 13.2 Å². The van der Waals surface area contributed by atoms with Crippen LogP contribution in [-0.2, 0) is 18.6 Å². The molecule has 0 aliphatic heterocycles. The number of phosphoric acid groups is 1. The Balaban J connectivity index is 1.99. The number of quaternary nitrogens is 1. The van der Waals surface area contributed by atoms with E-state index in [1.165, 1.54) is 102 Å². The van der Waals surface area contributed by atoms with Crippen molar-refractivity contribution in [3.8, 4) is 0 Å². The summed E-state index contributed by atoms with van der Waals surface area (Å²) in [7, 11) is -4.60. The molecular formula is C26H47NO6P+. The number of nitrogens with zero attached hydrogens (tertiary/aromatic N) is 1. The molecule has 0 amide bonds. The van der Waals surface area contributed by atoms with Gasteiger partial charge in [-0.3, -0.25) is 4.52 Å². The Morgan fingerprint density at radius 3 is 1.71 bits per heavy atom. The quantitative estimate of drug-likeness (QED) is 0.161. The average molecular weight is 501 g/mol. The molecule has 0 heterocycles. The highest BCUT2D eigenvalue weighted by Gasteiger charge is 2.54. The minimum atomic E-state index is -4.60. The second-order valence-corrected chi connectivity index (χ2v) is 11.9. The number of ether oxygens (including phenoxy) is 1. The van der Waals surface area contributed by atoms with E-state index in [0.717, 1.165) is 4.48 Å². The summed E-state index contributed by atoms with van der Waals surface area (Å²) in [6.45, 7) is 2.06. The van der Waals surface area contributed by atoms with Crippen molar-refractivity contribution in [1.82, 2.24) is 0 Å². The minimum Gasteiger partial charge on any atom is -0.462 e. The first-order chi connectivity index (χ1) is 16.4. The molecule has 2 N–H and O–H groups in total. The van der Waals surface area contributed by atoms with Crippen LogP contribution >= 0.6 is 7.82 Å². The molecule has 7 nitrogen and oxygen atoms in total. The number of phosphoric ester groups is 1. The van der Waals surface area contributed by atoms with Crippen LogP contribution < -0.4 is 0 Å². The zero-order valence-corrected chi connectivity index (χ0v) is 22.0. The molecule has 0 saturated heterocycles. The maximum Gasteiger partial charge on any atom is 0.469 e. The Labute approximate surface area is 206 Å². The number of esters is 1. The minimum absolute atomic E-state index is 0.0228. The topological polar surface area (TPSA) is 93.1 Å². The second kappa shape index (κ2) is 13.5. The number of hydrogen-bond acceptors (Lipinski definition) is 4. The van der Waals surface area contributed by atoms with Gasteiger partial charge < -0.3 is 19.0 Å². The number of hydrogen-bond donors (Lipinski definition) is 2. The Kier molecular flexibility index (Phi) is 11.1. The molecule has 3 rings (SSSR count). The van der Waals surface area contributed by atoms with Gasteiger partial charge in [0.05, 0.1) is 24.7 Å². The predicted octanol–water partition coefficient (Wildman–Crippen LogP) is 5.79. The van der Waals surface area contributed by atoms with Crippen LogP contribution in [-0.4, -0.2) is 57.6 Å². The van der Waals surface area contributed by atoms with Gasteiger partial charge in [0.25, 0.3) is 0 Å². The maximum absolute atomic E-state index is 12.0. The number of carbonyl (C=O) groups excluding carboxylic acids is 1. The smallest absolute Gasteiger partial charge is 0.462 e. The van der Waals surface area contributed by atoms with Crippen LogP contribution in [0.5, 0.6) is 0 Å². The predicted molar refractivity (Wildman–Crippen MR) is 133 cm³/mol. The van der Waals surface area contributed by atoms with Crippen LogP contribution in [0.3, 0.4) is 0 Å². The van der Waals surface area contributed by atoms with Crippen molar-refractivity contribution in [2.45, 2.75) is 134 Å². The van der Waals surface area contributed by atoms with Gasteiger partial charge in [-0.05, 0) is 84.0 Å². The van der Waals surface area contributed by atoms with Crippen LogP contribution in [0.1, 0.15) is 110 Å². The molecule has 1 unspecified atom stereocenters. The largest absolute Gasteiger partial charge is 0.469 e. The monoisotopic (exact) mass is 500 g/mol. The Hall–Kier alpha value is -0.720. The summed E-state index contributed by atoms with van der Waals surface area (Å²) >= 11 is 0. The van der Waals surface area contributed by atoms with Crippen molar-refractivity contribution in [3.05, 3.63) is 12.2 Å². The molecule has 34 heavy (non-hydrogen) atoms. The van der Waals surface area contributed by atoms with Gasteiger partial charge in [0.2, 0.25) is 0 Å². The molecule has 0 aromatic carbocycles.